The molecule has 0 aliphatic carbocycles. The topological polar surface area (TPSA) is 88.1 Å². The van der Waals surface area contributed by atoms with Crippen molar-refractivity contribution in [3.05, 3.63) is 101 Å². The minimum Gasteiger partial charge on any atom is -0.367 e. The Hall–Kier alpha value is -3.30. The smallest absolute Gasteiger partial charge is 0.288 e. The Labute approximate surface area is 188 Å². The van der Waals surface area contributed by atoms with E-state index in [0.717, 1.165) is 23.3 Å². The molecule has 0 bridgehead atoms. The summed E-state index contributed by atoms with van der Waals surface area (Å²) in [5, 5.41) is 6.31. The predicted octanol–water partition coefficient (Wildman–Crippen LogP) is 4.13. The minimum absolute atomic E-state index is 0.221. The van der Waals surface area contributed by atoms with Gasteiger partial charge in [-0.05, 0) is 35.4 Å². The van der Waals surface area contributed by atoms with Crippen LogP contribution in [0.25, 0.3) is 0 Å². The number of hydrogen-bond donors (Lipinski definition) is 1. The van der Waals surface area contributed by atoms with Crippen molar-refractivity contribution in [2.24, 2.45) is 15.2 Å². The lowest BCUT2D eigenvalue weighted by Gasteiger charge is -2.15. The van der Waals surface area contributed by atoms with Gasteiger partial charge in [0.05, 0.1) is 12.3 Å². The highest BCUT2D eigenvalue weighted by Crippen LogP contribution is 2.29. The molecule has 0 amide bonds. The Morgan fingerprint density at radius 3 is 2.41 bits per heavy atom. The van der Waals surface area contributed by atoms with Crippen LogP contribution in [0.4, 0.5) is 8.78 Å². The molecular formula is C22H17ClF2N4O2S. The molecule has 0 spiro atoms. The van der Waals surface area contributed by atoms with E-state index in [1.54, 1.807) is 24.3 Å². The van der Waals surface area contributed by atoms with E-state index in [1.165, 1.54) is 5.01 Å². The number of hydrogen-bond acceptors (Lipinski definition) is 3. The van der Waals surface area contributed by atoms with Gasteiger partial charge in [-0.2, -0.15) is 13.5 Å². The van der Waals surface area contributed by atoms with Gasteiger partial charge in [-0.15, -0.1) is 4.40 Å². The molecular weight excluding hydrogens is 458 g/mol. The summed E-state index contributed by atoms with van der Waals surface area (Å²) >= 11 is 5.99. The van der Waals surface area contributed by atoms with Crippen molar-refractivity contribution in [2.45, 2.75) is 10.8 Å². The van der Waals surface area contributed by atoms with Crippen LogP contribution in [0.2, 0.25) is 5.02 Å². The van der Waals surface area contributed by atoms with Crippen LogP contribution in [0, 0.1) is 11.6 Å². The van der Waals surface area contributed by atoms with Gasteiger partial charge in [0.25, 0.3) is 10.0 Å². The second kappa shape index (κ2) is 8.68. The summed E-state index contributed by atoms with van der Waals surface area (Å²) in [5.41, 5.74) is 8.34. The molecule has 0 radical (unpaired) electrons. The third kappa shape index (κ3) is 4.49. The molecule has 1 atom stereocenters. The van der Waals surface area contributed by atoms with Crippen molar-refractivity contribution in [3.8, 4) is 0 Å². The Morgan fingerprint density at radius 1 is 1.06 bits per heavy atom. The molecule has 164 valence electrons. The van der Waals surface area contributed by atoms with E-state index in [2.05, 4.69) is 9.50 Å². The summed E-state index contributed by atoms with van der Waals surface area (Å²) in [6.45, 7) is 0.221. The maximum Gasteiger partial charge on any atom is 0.288 e. The average Bonchev–Trinajstić information content (AvgIpc) is 3.20. The number of nitrogens with zero attached hydrogens (tertiary/aromatic N) is 3. The number of rotatable bonds is 4. The molecule has 1 heterocycles. The predicted molar refractivity (Wildman–Crippen MR) is 119 cm³/mol. The fourth-order valence-electron chi connectivity index (χ4n) is 3.38. The van der Waals surface area contributed by atoms with Crippen LogP contribution in [-0.4, -0.2) is 31.6 Å². The first-order valence-electron chi connectivity index (χ1n) is 9.47. The molecule has 10 heteroatoms. The molecule has 1 unspecified atom stereocenters. The third-order valence-electron chi connectivity index (χ3n) is 4.91. The molecule has 1 aliphatic heterocycles. The first-order valence-corrected chi connectivity index (χ1v) is 11.3. The van der Waals surface area contributed by atoms with Crippen LogP contribution in [0.3, 0.4) is 0 Å². The highest BCUT2D eigenvalue weighted by atomic mass is 35.5. The van der Waals surface area contributed by atoms with Gasteiger partial charge in [0.2, 0.25) is 5.96 Å². The van der Waals surface area contributed by atoms with E-state index >= 15 is 0 Å². The third-order valence-corrected chi connectivity index (χ3v) is 6.47. The Morgan fingerprint density at radius 2 is 1.75 bits per heavy atom. The zero-order valence-electron chi connectivity index (χ0n) is 16.5. The minimum atomic E-state index is -4.52. The monoisotopic (exact) mass is 474 g/mol. The van der Waals surface area contributed by atoms with E-state index in [0.29, 0.717) is 16.8 Å². The van der Waals surface area contributed by atoms with Gasteiger partial charge in [-0.3, -0.25) is 0 Å². The maximum absolute atomic E-state index is 14.0. The average molecular weight is 475 g/mol. The van der Waals surface area contributed by atoms with Crippen LogP contribution in [0.5, 0.6) is 0 Å². The molecule has 6 nitrogen and oxygen atoms in total. The normalized spacial score (nSPS) is 16.8. The Kier molecular flexibility index (Phi) is 5.94. The van der Waals surface area contributed by atoms with Crippen molar-refractivity contribution < 1.29 is 17.2 Å². The lowest BCUT2D eigenvalue weighted by atomic mass is 9.91. The number of benzene rings is 3. The first kappa shape index (κ1) is 21.9. The van der Waals surface area contributed by atoms with Gasteiger partial charge in [0.1, 0.15) is 16.5 Å². The second-order valence-electron chi connectivity index (χ2n) is 7.04. The molecule has 32 heavy (non-hydrogen) atoms. The largest absolute Gasteiger partial charge is 0.367 e. The first-order chi connectivity index (χ1) is 15.2. The summed E-state index contributed by atoms with van der Waals surface area (Å²) in [5.74, 6) is -2.81. The fraction of sp³-hybridized carbons (Fsp3) is 0.0909. The molecule has 2 N–H and O–H groups in total. The van der Waals surface area contributed by atoms with Crippen LogP contribution < -0.4 is 5.73 Å². The van der Waals surface area contributed by atoms with Crippen molar-refractivity contribution in [3.63, 3.8) is 0 Å². The lowest BCUT2D eigenvalue weighted by molar-refractivity contribution is 0.469. The number of halogens is 3. The second-order valence-corrected chi connectivity index (χ2v) is 9.05. The summed E-state index contributed by atoms with van der Waals surface area (Å²) in [7, 11) is -4.52. The van der Waals surface area contributed by atoms with Crippen molar-refractivity contribution >= 4 is 33.3 Å². The highest BCUT2D eigenvalue weighted by Gasteiger charge is 2.32. The summed E-state index contributed by atoms with van der Waals surface area (Å²) in [6.07, 6.45) is 0. The van der Waals surface area contributed by atoms with Gasteiger partial charge in [0.15, 0.2) is 0 Å². The zero-order chi connectivity index (χ0) is 22.9. The molecule has 3 aromatic rings. The van der Waals surface area contributed by atoms with E-state index < -0.39 is 32.5 Å². The standard InChI is InChI=1S/C22H17ClF2N4O2S/c23-16-8-6-15(7-9-16)21-18(14-4-2-1-3-5-14)13-29(27-21)22(26)28-32(30,31)20-11-10-17(24)12-19(20)25/h1-12,18H,13H2,(H2,26,28). The summed E-state index contributed by atoms with van der Waals surface area (Å²) < 4.78 is 55.8. The van der Waals surface area contributed by atoms with E-state index in [1.807, 2.05) is 30.3 Å². The zero-order valence-corrected chi connectivity index (χ0v) is 18.1. The Bertz CT molecular complexity index is 1310. The molecule has 1 aliphatic rings. The molecule has 0 saturated heterocycles. The van der Waals surface area contributed by atoms with Crippen molar-refractivity contribution in [1.82, 2.24) is 5.01 Å². The van der Waals surface area contributed by atoms with Crippen LogP contribution in [0.15, 0.2) is 87.2 Å². The highest BCUT2D eigenvalue weighted by molar-refractivity contribution is 7.90. The van der Waals surface area contributed by atoms with Crippen LogP contribution in [-0.2, 0) is 10.0 Å². The number of hydrazone groups is 1. The van der Waals surface area contributed by atoms with Gasteiger partial charge in [-0.1, -0.05) is 54.1 Å². The van der Waals surface area contributed by atoms with E-state index in [4.69, 9.17) is 17.3 Å². The van der Waals surface area contributed by atoms with Gasteiger partial charge in [0, 0.05) is 17.0 Å². The van der Waals surface area contributed by atoms with E-state index in [-0.39, 0.29) is 12.5 Å². The van der Waals surface area contributed by atoms with Gasteiger partial charge < -0.3 is 5.73 Å². The molecule has 0 fully saturated rings. The van der Waals surface area contributed by atoms with E-state index in [9.17, 15) is 17.2 Å². The quantitative estimate of drug-likeness (QED) is 0.455. The van der Waals surface area contributed by atoms with Crippen molar-refractivity contribution in [1.29, 1.82) is 0 Å². The molecule has 3 aromatic carbocycles. The SMILES string of the molecule is NC(=NS(=O)(=O)c1ccc(F)cc1F)N1CC(c2ccccc2)C(c2ccc(Cl)cc2)=N1. The number of sulfonamides is 1. The lowest BCUT2D eigenvalue weighted by Crippen LogP contribution is -2.33. The molecule has 4 rings (SSSR count). The summed E-state index contributed by atoms with van der Waals surface area (Å²) in [6, 6.07) is 18.7. The van der Waals surface area contributed by atoms with Gasteiger partial charge >= 0.3 is 0 Å². The fourth-order valence-corrected chi connectivity index (χ4v) is 4.49. The molecule has 0 saturated carbocycles. The van der Waals surface area contributed by atoms with Crippen LogP contribution in [0.1, 0.15) is 17.0 Å². The number of nitrogens with two attached hydrogens (primary N) is 1. The van der Waals surface area contributed by atoms with Crippen LogP contribution >= 0.6 is 11.6 Å². The maximum atomic E-state index is 14.0. The Balaban J connectivity index is 1.72. The number of guanidine groups is 1. The van der Waals surface area contributed by atoms with Gasteiger partial charge in [-0.25, -0.2) is 13.8 Å². The van der Waals surface area contributed by atoms with Crippen molar-refractivity contribution in [2.75, 3.05) is 6.54 Å². The molecule has 0 aromatic heterocycles. The summed E-state index contributed by atoms with van der Waals surface area (Å²) in [4.78, 5) is -0.775.